The average Bonchev–Trinajstić information content (AvgIpc) is 3.67. The topological polar surface area (TPSA) is 49.9 Å². The number of para-hydroxylation sites is 1. The van der Waals surface area contributed by atoms with Gasteiger partial charge in [0.1, 0.15) is 18.9 Å². The molecule has 0 radical (unpaired) electrons. The first-order valence-electron chi connectivity index (χ1n) is 10.5. The number of fused-ring (bicyclic) bond motifs is 1. The van der Waals surface area contributed by atoms with E-state index < -0.39 is 0 Å². The Morgan fingerprint density at radius 2 is 1.90 bits per heavy atom. The molecule has 29 heavy (non-hydrogen) atoms. The van der Waals surface area contributed by atoms with Gasteiger partial charge in [0.15, 0.2) is 0 Å². The van der Waals surface area contributed by atoms with Gasteiger partial charge in [0.25, 0.3) is 0 Å². The summed E-state index contributed by atoms with van der Waals surface area (Å²) >= 11 is 1.75. The molecule has 2 heterocycles. The highest BCUT2D eigenvalue weighted by Crippen LogP contribution is 2.37. The van der Waals surface area contributed by atoms with Crippen LogP contribution in [-0.4, -0.2) is 47.4 Å². The summed E-state index contributed by atoms with van der Waals surface area (Å²) in [6.45, 7) is 1.33. The van der Waals surface area contributed by atoms with Gasteiger partial charge in [0.2, 0.25) is 11.8 Å². The van der Waals surface area contributed by atoms with Gasteiger partial charge in [-0.1, -0.05) is 18.2 Å². The third-order valence-corrected chi connectivity index (χ3v) is 7.07. The molecular formula is C23H26N2O3S. The normalized spacial score (nSPS) is 20.8. The van der Waals surface area contributed by atoms with Crippen molar-refractivity contribution < 1.29 is 14.3 Å². The molecule has 1 atom stereocenters. The summed E-state index contributed by atoms with van der Waals surface area (Å²) in [5, 5.41) is 2.10. The van der Waals surface area contributed by atoms with Crippen LogP contribution in [-0.2, 0) is 16.0 Å². The molecule has 2 aliphatic carbocycles. The van der Waals surface area contributed by atoms with Crippen molar-refractivity contribution in [1.29, 1.82) is 0 Å². The zero-order valence-corrected chi connectivity index (χ0v) is 17.3. The van der Waals surface area contributed by atoms with Crippen molar-refractivity contribution in [2.75, 3.05) is 19.7 Å². The Morgan fingerprint density at radius 1 is 1.10 bits per heavy atom. The molecule has 1 aromatic carbocycles. The molecular weight excluding hydrogens is 384 g/mol. The van der Waals surface area contributed by atoms with E-state index in [2.05, 4.69) is 11.4 Å². The summed E-state index contributed by atoms with van der Waals surface area (Å²) in [6, 6.07) is 12.0. The van der Waals surface area contributed by atoms with Crippen LogP contribution in [0.15, 0.2) is 41.8 Å². The van der Waals surface area contributed by atoms with Crippen LogP contribution >= 0.6 is 11.3 Å². The lowest BCUT2D eigenvalue weighted by Gasteiger charge is -2.37. The highest BCUT2D eigenvalue weighted by Gasteiger charge is 2.42. The predicted octanol–water partition coefficient (Wildman–Crippen LogP) is 3.65. The molecule has 2 fully saturated rings. The number of hydrogen-bond acceptors (Lipinski definition) is 4. The van der Waals surface area contributed by atoms with Crippen LogP contribution in [0.2, 0.25) is 0 Å². The van der Waals surface area contributed by atoms with Crippen LogP contribution in [0, 0.1) is 5.92 Å². The number of carbonyl (C=O) groups is 2. The number of hydrogen-bond donors (Lipinski definition) is 0. The van der Waals surface area contributed by atoms with Gasteiger partial charge in [-0.25, -0.2) is 0 Å². The number of benzene rings is 1. The standard InChI is InChI=1S/C23H26N2O3S/c26-22(14-25(17-8-9-17)23(27)16-6-7-16)24-12-10-21-19(11-13-29-21)20(24)15-28-18-4-2-1-3-5-18/h1-5,11,13,16-17,20H,6-10,12,14-15H2. The third-order valence-electron chi connectivity index (χ3n) is 6.07. The summed E-state index contributed by atoms with van der Waals surface area (Å²) in [6.07, 6.45) is 4.89. The van der Waals surface area contributed by atoms with Crippen LogP contribution in [0.25, 0.3) is 0 Å². The molecule has 152 valence electrons. The van der Waals surface area contributed by atoms with E-state index >= 15 is 0 Å². The largest absolute Gasteiger partial charge is 0.491 e. The highest BCUT2D eigenvalue weighted by atomic mass is 32.1. The van der Waals surface area contributed by atoms with Gasteiger partial charge in [-0.05, 0) is 61.2 Å². The van der Waals surface area contributed by atoms with E-state index in [0.717, 1.165) is 37.9 Å². The number of amides is 2. The number of nitrogens with zero attached hydrogens (tertiary/aromatic N) is 2. The van der Waals surface area contributed by atoms with Gasteiger partial charge in [-0.2, -0.15) is 0 Å². The number of ether oxygens (including phenoxy) is 1. The van der Waals surface area contributed by atoms with Crippen molar-refractivity contribution in [3.8, 4) is 5.75 Å². The quantitative estimate of drug-likeness (QED) is 0.700. The molecule has 3 aliphatic rings. The van der Waals surface area contributed by atoms with Crippen molar-refractivity contribution in [3.63, 3.8) is 0 Å². The summed E-state index contributed by atoms with van der Waals surface area (Å²) in [5.74, 6) is 1.20. The Kier molecular flexibility index (Phi) is 5.04. The molecule has 5 rings (SSSR count). The molecule has 6 heteroatoms. The second-order valence-corrected chi connectivity index (χ2v) is 9.25. The number of rotatable bonds is 7. The number of carbonyl (C=O) groups excluding carboxylic acids is 2. The summed E-state index contributed by atoms with van der Waals surface area (Å²) in [4.78, 5) is 31.1. The smallest absolute Gasteiger partial charge is 0.242 e. The molecule has 2 amide bonds. The minimum atomic E-state index is -0.102. The van der Waals surface area contributed by atoms with Crippen LogP contribution in [0.4, 0.5) is 0 Å². The van der Waals surface area contributed by atoms with Crippen LogP contribution < -0.4 is 4.74 Å². The Labute approximate surface area is 175 Å². The summed E-state index contributed by atoms with van der Waals surface area (Å²) < 4.78 is 6.04. The first kappa shape index (κ1) is 18.7. The number of thiophene rings is 1. The van der Waals surface area contributed by atoms with Gasteiger partial charge in [0, 0.05) is 23.4 Å². The molecule has 0 spiro atoms. The fourth-order valence-corrected chi connectivity index (χ4v) is 5.07. The highest BCUT2D eigenvalue weighted by molar-refractivity contribution is 7.10. The third kappa shape index (κ3) is 4.04. The minimum Gasteiger partial charge on any atom is -0.491 e. The Hall–Kier alpha value is -2.34. The second kappa shape index (κ2) is 7.82. The molecule has 1 unspecified atom stereocenters. The van der Waals surface area contributed by atoms with Crippen LogP contribution in [0.1, 0.15) is 42.2 Å². The van der Waals surface area contributed by atoms with Gasteiger partial charge < -0.3 is 14.5 Å². The van der Waals surface area contributed by atoms with Crippen LogP contribution in [0.5, 0.6) is 5.75 Å². The van der Waals surface area contributed by atoms with E-state index in [1.165, 1.54) is 10.4 Å². The van der Waals surface area contributed by atoms with Crippen LogP contribution in [0.3, 0.4) is 0 Å². The SMILES string of the molecule is O=C(C1CC1)N(CC(=O)N1CCc2sccc2C1COc1ccccc1)C1CC1. The molecule has 0 N–H and O–H groups in total. The van der Waals surface area contributed by atoms with Crippen molar-refractivity contribution in [2.24, 2.45) is 5.92 Å². The molecule has 1 aromatic heterocycles. The van der Waals surface area contributed by atoms with Crippen molar-refractivity contribution >= 4 is 23.2 Å². The van der Waals surface area contributed by atoms with E-state index in [0.29, 0.717) is 13.2 Å². The van der Waals surface area contributed by atoms with E-state index in [-0.39, 0.29) is 36.4 Å². The zero-order chi connectivity index (χ0) is 19.8. The molecule has 5 nitrogen and oxygen atoms in total. The lowest BCUT2D eigenvalue weighted by atomic mass is 10.0. The lowest BCUT2D eigenvalue weighted by molar-refractivity contribution is -0.143. The maximum atomic E-state index is 13.3. The predicted molar refractivity (Wildman–Crippen MR) is 112 cm³/mol. The fourth-order valence-electron chi connectivity index (χ4n) is 4.14. The van der Waals surface area contributed by atoms with Gasteiger partial charge in [-0.3, -0.25) is 9.59 Å². The Morgan fingerprint density at radius 3 is 2.62 bits per heavy atom. The van der Waals surface area contributed by atoms with Crippen molar-refractivity contribution in [1.82, 2.24) is 9.80 Å². The van der Waals surface area contributed by atoms with E-state index in [9.17, 15) is 9.59 Å². The summed E-state index contributed by atoms with van der Waals surface area (Å²) in [5.41, 5.74) is 1.19. The summed E-state index contributed by atoms with van der Waals surface area (Å²) in [7, 11) is 0. The second-order valence-electron chi connectivity index (χ2n) is 8.25. The molecule has 1 aliphatic heterocycles. The first-order valence-corrected chi connectivity index (χ1v) is 11.4. The van der Waals surface area contributed by atoms with Gasteiger partial charge in [0.05, 0.1) is 6.04 Å². The van der Waals surface area contributed by atoms with Gasteiger partial charge in [-0.15, -0.1) is 11.3 Å². The zero-order valence-electron chi connectivity index (χ0n) is 16.5. The average molecular weight is 411 g/mol. The Bertz CT molecular complexity index is 889. The Balaban J connectivity index is 1.32. The molecule has 2 saturated carbocycles. The lowest BCUT2D eigenvalue weighted by Crippen LogP contribution is -2.48. The van der Waals surface area contributed by atoms with Gasteiger partial charge >= 0.3 is 0 Å². The van der Waals surface area contributed by atoms with Crippen molar-refractivity contribution in [2.45, 2.75) is 44.2 Å². The monoisotopic (exact) mass is 410 g/mol. The van der Waals surface area contributed by atoms with Crippen molar-refractivity contribution in [3.05, 3.63) is 52.2 Å². The molecule has 0 bridgehead atoms. The van der Waals surface area contributed by atoms with E-state index in [1.807, 2.05) is 40.1 Å². The molecule has 2 aromatic rings. The van der Waals surface area contributed by atoms with E-state index in [1.54, 1.807) is 11.3 Å². The fraction of sp³-hybridized carbons (Fsp3) is 0.478. The maximum Gasteiger partial charge on any atom is 0.242 e. The minimum absolute atomic E-state index is 0.0458. The molecule has 0 saturated heterocycles. The first-order chi connectivity index (χ1) is 14.2. The van der Waals surface area contributed by atoms with E-state index in [4.69, 9.17) is 4.74 Å². The maximum absolute atomic E-state index is 13.3.